The van der Waals surface area contributed by atoms with Gasteiger partial charge in [-0.3, -0.25) is 9.48 Å². The van der Waals surface area contributed by atoms with E-state index in [9.17, 15) is 4.79 Å². The molecule has 0 fully saturated rings. The Morgan fingerprint density at radius 3 is 2.75 bits per heavy atom. The normalized spacial score (nSPS) is 11.1. The van der Waals surface area contributed by atoms with Crippen LogP contribution in [0.5, 0.6) is 0 Å². The fourth-order valence-electron chi connectivity index (χ4n) is 2.06. The van der Waals surface area contributed by atoms with E-state index in [1.807, 2.05) is 38.9 Å². The highest BCUT2D eigenvalue weighted by Gasteiger charge is 2.19. The van der Waals surface area contributed by atoms with Crippen LogP contribution in [-0.2, 0) is 24.8 Å². The highest BCUT2D eigenvalue weighted by atomic mass is 16.5. The minimum Gasteiger partial charge on any atom is -0.361 e. The van der Waals surface area contributed by atoms with Crippen molar-refractivity contribution in [1.29, 1.82) is 0 Å². The van der Waals surface area contributed by atoms with E-state index in [2.05, 4.69) is 10.3 Å². The molecule has 0 aromatic carbocycles. The summed E-state index contributed by atoms with van der Waals surface area (Å²) in [4.78, 5) is 14.2. The van der Waals surface area contributed by atoms with Gasteiger partial charge in [0.1, 0.15) is 5.76 Å². The van der Waals surface area contributed by atoms with E-state index in [1.54, 1.807) is 16.9 Å². The van der Waals surface area contributed by atoms with Gasteiger partial charge in [-0.2, -0.15) is 5.10 Å². The molecule has 6 nitrogen and oxygen atoms in total. The van der Waals surface area contributed by atoms with Crippen LogP contribution in [0.4, 0.5) is 0 Å². The molecule has 0 saturated heterocycles. The summed E-state index contributed by atoms with van der Waals surface area (Å²) < 4.78 is 6.84. The lowest BCUT2D eigenvalue weighted by Crippen LogP contribution is -2.37. The van der Waals surface area contributed by atoms with Gasteiger partial charge in [-0.25, -0.2) is 0 Å². The molecule has 2 aromatic rings. The summed E-state index contributed by atoms with van der Waals surface area (Å²) in [6.45, 7) is 6.39. The molecule has 2 aromatic heterocycles. The summed E-state index contributed by atoms with van der Waals surface area (Å²) >= 11 is 0. The first-order chi connectivity index (χ1) is 9.45. The number of hydrogen-bond acceptors (Lipinski definition) is 4. The number of carbonyl (C=O) groups excluding carboxylic acids is 1. The van der Waals surface area contributed by atoms with Crippen LogP contribution in [0.3, 0.4) is 0 Å². The molecule has 0 aliphatic carbocycles. The summed E-state index contributed by atoms with van der Waals surface area (Å²) in [6.07, 6.45) is 3.93. The maximum absolute atomic E-state index is 12.4. The number of aromatic nitrogens is 3. The Balaban J connectivity index is 2.06. The van der Waals surface area contributed by atoms with Gasteiger partial charge in [-0.15, -0.1) is 0 Å². The highest BCUT2D eigenvalue weighted by Crippen LogP contribution is 2.11. The fraction of sp³-hybridized carbons (Fsp3) is 0.500. The molecular weight excluding hydrogens is 256 g/mol. The van der Waals surface area contributed by atoms with Crippen LogP contribution in [0, 0.1) is 6.92 Å². The topological polar surface area (TPSA) is 64.2 Å². The predicted molar refractivity (Wildman–Crippen MR) is 73.8 cm³/mol. The Labute approximate surface area is 118 Å². The number of aryl methyl sites for hydroxylation is 2. The van der Waals surface area contributed by atoms with Crippen LogP contribution in [0.25, 0.3) is 0 Å². The molecule has 2 rings (SSSR count). The zero-order valence-corrected chi connectivity index (χ0v) is 12.3. The van der Waals surface area contributed by atoms with Gasteiger partial charge in [-0.05, 0) is 20.8 Å². The van der Waals surface area contributed by atoms with Crippen LogP contribution in [0.2, 0.25) is 0 Å². The van der Waals surface area contributed by atoms with Crippen LogP contribution in [-0.4, -0.2) is 31.8 Å². The molecular formula is C14H20N4O2. The molecule has 0 spiro atoms. The molecule has 0 atom stereocenters. The largest absolute Gasteiger partial charge is 0.361 e. The van der Waals surface area contributed by atoms with E-state index in [-0.39, 0.29) is 18.4 Å². The van der Waals surface area contributed by atoms with Gasteiger partial charge < -0.3 is 9.42 Å². The fourth-order valence-corrected chi connectivity index (χ4v) is 2.06. The van der Waals surface area contributed by atoms with Crippen LogP contribution in [0.15, 0.2) is 23.0 Å². The summed E-state index contributed by atoms with van der Waals surface area (Å²) in [5.41, 5.74) is 1.81. The van der Waals surface area contributed by atoms with Crippen molar-refractivity contribution in [1.82, 2.24) is 19.8 Å². The quantitative estimate of drug-likeness (QED) is 0.833. The zero-order chi connectivity index (χ0) is 14.7. The summed E-state index contributed by atoms with van der Waals surface area (Å²) in [7, 11) is 1.86. The summed E-state index contributed by atoms with van der Waals surface area (Å²) in [5.74, 6) is 0.629. The minimum absolute atomic E-state index is 0.0278. The van der Waals surface area contributed by atoms with E-state index >= 15 is 0 Å². The smallest absolute Gasteiger partial charge is 0.230 e. The molecule has 2 heterocycles. The summed E-state index contributed by atoms with van der Waals surface area (Å²) in [5, 5.41) is 7.93. The van der Waals surface area contributed by atoms with Crippen molar-refractivity contribution in [3.05, 3.63) is 35.5 Å². The maximum Gasteiger partial charge on any atom is 0.230 e. The van der Waals surface area contributed by atoms with E-state index in [4.69, 9.17) is 4.52 Å². The second kappa shape index (κ2) is 5.90. The van der Waals surface area contributed by atoms with Gasteiger partial charge in [0.05, 0.1) is 18.3 Å². The standard InChI is InChI=1S/C14H20N4O2/c1-10(2)18(9-12-7-15-17(4)8-12)14(19)6-13-5-11(3)16-20-13/h5,7-8,10H,6,9H2,1-4H3. The lowest BCUT2D eigenvalue weighted by atomic mass is 10.2. The van der Waals surface area contributed by atoms with Crippen molar-refractivity contribution in [2.24, 2.45) is 7.05 Å². The lowest BCUT2D eigenvalue weighted by molar-refractivity contribution is -0.133. The Hall–Kier alpha value is -2.11. The van der Waals surface area contributed by atoms with Crippen molar-refractivity contribution in [2.75, 3.05) is 0 Å². The first-order valence-electron chi connectivity index (χ1n) is 6.65. The van der Waals surface area contributed by atoms with Crippen molar-refractivity contribution >= 4 is 5.91 Å². The second-order valence-corrected chi connectivity index (χ2v) is 5.25. The molecule has 0 aliphatic rings. The Morgan fingerprint density at radius 1 is 1.50 bits per heavy atom. The molecule has 108 valence electrons. The van der Waals surface area contributed by atoms with Crippen molar-refractivity contribution in [3.8, 4) is 0 Å². The molecule has 0 N–H and O–H groups in total. The number of nitrogens with zero attached hydrogens (tertiary/aromatic N) is 4. The molecule has 20 heavy (non-hydrogen) atoms. The maximum atomic E-state index is 12.4. The van der Waals surface area contributed by atoms with Gasteiger partial charge in [0.2, 0.25) is 5.91 Å². The van der Waals surface area contributed by atoms with Gasteiger partial charge in [-0.1, -0.05) is 5.16 Å². The van der Waals surface area contributed by atoms with Crippen LogP contribution < -0.4 is 0 Å². The SMILES string of the molecule is Cc1cc(CC(=O)N(Cc2cnn(C)c2)C(C)C)on1. The van der Waals surface area contributed by atoms with Crippen LogP contribution >= 0.6 is 0 Å². The molecule has 1 amide bonds. The molecule has 0 bridgehead atoms. The van der Waals surface area contributed by atoms with Crippen molar-refractivity contribution in [2.45, 2.75) is 39.8 Å². The van der Waals surface area contributed by atoms with Crippen molar-refractivity contribution in [3.63, 3.8) is 0 Å². The lowest BCUT2D eigenvalue weighted by Gasteiger charge is -2.26. The van der Waals surface area contributed by atoms with E-state index < -0.39 is 0 Å². The number of rotatable bonds is 5. The van der Waals surface area contributed by atoms with E-state index in [0.717, 1.165) is 11.3 Å². The molecule has 0 aliphatic heterocycles. The average Bonchev–Trinajstić information content (AvgIpc) is 2.95. The Morgan fingerprint density at radius 2 is 2.25 bits per heavy atom. The molecule has 6 heteroatoms. The third kappa shape index (κ3) is 3.46. The van der Waals surface area contributed by atoms with Gasteiger partial charge in [0.15, 0.2) is 0 Å². The Bertz CT molecular complexity index is 586. The third-order valence-electron chi connectivity index (χ3n) is 3.06. The van der Waals surface area contributed by atoms with E-state index in [1.165, 1.54) is 0 Å². The average molecular weight is 276 g/mol. The third-order valence-corrected chi connectivity index (χ3v) is 3.06. The van der Waals surface area contributed by atoms with Crippen LogP contribution in [0.1, 0.15) is 30.9 Å². The monoisotopic (exact) mass is 276 g/mol. The first kappa shape index (κ1) is 14.3. The van der Waals surface area contributed by atoms with Crippen molar-refractivity contribution < 1.29 is 9.32 Å². The summed E-state index contributed by atoms with van der Waals surface area (Å²) in [6, 6.07) is 1.91. The predicted octanol–water partition coefficient (Wildman–Crippen LogP) is 1.70. The highest BCUT2D eigenvalue weighted by molar-refractivity contribution is 5.78. The van der Waals surface area contributed by atoms with Gasteiger partial charge >= 0.3 is 0 Å². The number of carbonyl (C=O) groups is 1. The molecule has 0 saturated carbocycles. The number of hydrogen-bond donors (Lipinski definition) is 0. The zero-order valence-electron chi connectivity index (χ0n) is 12.3. The van der Waals surface area contributed by atoms with Gasteiger partial charge in [0, 0.05) is 37.5 Å². The second-order valence-electron chi connectivity index (χ2n) is 5.25. The van der Waals surface area contributed by atoms with Gasteiger partial charge in [0.25, 0.3) is 0 Å². The molecule has 0 radical (unpaired) electrons. The first-order valence-corrected chi connectivity index (χ1v) is 6.65. The minimum atomic E-state index is 0.0278. The Kier molecular flexibility index (Phi) is 4.22. The molecule has 0 unspecified atom stereocenters. The number of amides is 1. The van der Waals surface area contributed by atoms with E-state index in [0.29, 0.717) is 12.3 Å².